The molecule has 0 saturated carbocycles. The Morgan fingerprint density at radius 1 is 1.25 bits per heavy atom. The molecular weight excluding hydrogens is 200 g/mol. The van der Waals surface area contributed by atoms with E-state index in [1.165, 1.54) is 0 Å². The number of rotatable bonds is 3. The topological polar surface area (TPSA) is 86.0 Å². The van der Waals surface area contributed by atoms with Crippen molar-refractivity contribution in [1.82, 2.24) is 0 Å². The van der Waals surface area contributed by atoms with Crippen LogP contribution in [0.4, 0.5) is 0 Å². The third kappa shape index (κ3) is 3.20. The summed E-state index contributed by atoms with van der Waals surface area (Å²) in [5.74, 6) is 0. The van der Waals surface area contributed by atoms with Gasteiger partial charge >= 0.3 is 0 Å². The molecule has 1 aromatic rings. The Morgan fingerprint density at radius 2 is 1.88 bits per heavy atom. The van der Waals surface area contributed by atoms with Crippen LogP contribution in [0.25, 0.3) is 0 Å². The number of nitrogens with two attached hydrogens (primary N) is 1. The zero-order chi connectivity index (χ0) is 12.0. The second kappa shape index (κ2) is 5.65. The summed E-state index contributed by atoms with van der Waals surface area (Å²) in [5, 5.41) is 17.3. The molecule has 2 N–H and O–H groups in total. The van der Waals surface area contributed by atoms with Gasteiger partial charge in [-0.15, -0.1) is 0 Å². The van der Waals surface area contributed by atoms with Crippen LogP contribution in [0.2, 0.25) is 0 Å². The zero-order valence-corrected chi connectivity index (χ0v) is 8.96. The van der Waals surface area contributed by atoms with Crippen LogP contribution in [0.1, 0.15) is 11.1 Å². The fourth-order valence-electron chi connectivity index (χ4n) is 1.10. The lowest BCUT2D eigenvalue weighted by molar-refractivity contribution is 0.732. The maximum atomic E-state index is 8.75. The molecule has 2 unspecified atom stereocenters. The van der Waals surface area contributed by atoms with Crippen molar-refractivity contribution < 1.29 is 0 Å². The van der Waals surface area contributed by atoms with Gasteiger partial charge < -0.3 is 5.73 Å². The van der Waals surface area contributed by atoms with Crippen molar-refractivity contribution >= 4 is 6.21 Å². The molecule has 4 nitrogen and oxygen atoms in total. The van der Waals surface area contributed by atoms with Crippen molar-refractivity contribution in [2.45, 2.75) is 19.0 Å². The molecule has 0 aromatic heterocycles. The Balaban J connectivity index is 2.77. The molecule has 0 radical (unpaired) electrons. The number of nitriles is 2. The third-order valence-corrected chi connectivity index (χ3v) is 2.08. The van der Waals surface area contributed by atoms with Gasteiger partial charge in [0.25, 0.3) is 0 Å². The highest BCUT2D eigenvalue weighted by atomic mass is 14.8. The molecule has 0 bridgehead atoms. The first-order valence-corrected chi connectivity index (χ1v) is 4.82. The molecule has 16 heavy (non-hydrogen) atoms. The van der Waals surface area contributed by atoms with Gasteiger partial charge in [0, 0.05) is 6.21 Å². The molecule has 80 valence electrons. The van der Waals surface area contributed by atoms with Crippen LogP contribution in [-0.4, -0.2) is 18.3 Å². The van der Waals surface area contributed by atoms with Crippen molar-refractivity contribution in [3.05, 3.63) is 35.4 Å². The van der Waals surface area contributed by atoms with Crippen molar-refractivity contribution in [2.24, 2.45) is 10.7 Å². The fourth-order valence-corrected chi connectivity index (χ4v) is 1.10. The summed E-state index contributed by atoms with van der Waals surface area (Å²) < 4.78 is 0. The summed E-state index contributed by atoms with van der Waals surface area (Å²) in [6.45, 7) is 1.99. The zero-order valence-electron chi connectivity index (χ0n) is 8.96. The average Bonchev–Trinajstić information content (AvgIpc) is 2.31. The number of nitrogens with zero attached hydrogens (tertiary/aromatic N) is 3. The van der Waals surface area contributed by atoms with Crippen LogP contribution in [-0.2, 0) is 0 Å². The van der Waals surface area contributed by atoms with Gasteiger partial charge in [0.05, 0.1) is 12.1 Å². The minimum absolute atomic E-state index is 0.814. The predicted molar refractivity (Wildman–Crippen MR) is 61.8 cm³/mol. The molecule has 0 fully saturated rings. The van der Waals surface area contributed by atoms with Crippen LogP contribution in [0.5, 0.6) is 0 Å². The second-order valence-electron chi connectivity index (χ2n) is 3.42. The highest BCUT2D eigenvalue weighted by Crippen LogP contribution is 2.02. The summed E-state index contributed by atoms with van der Waals surface area (Å²) in [4.78, 5) is 3.98. The first-order chi connectivity index (χ1) is 7.67. The number of hydrogen-bond donors (Lipinski definition) is 1. The highest BCUT2D eigenvalue weighted by molar-refractivity contribution is 5.79. The lowest BCUT2D eigenvalue weighted by Crippen LogP contribution is -2.30. The van der Waals surface area contributed by atoms with Gasteiger partial charge in [-0.25, -0.2) is 0 Å². The van der Waals surface area contributed by atoms with E-state index >= 15 is 0 Å². The van der Waals surface area contributed by atoms with E-state index in [0.717, 1.165) is 11.1 Å². The minimum atomic E-state index is -0.883. The quantitative estimate of drug-likeness (QED) is 0.762. The minimum Gasteiger partial charge on any atom is -0.313 e. The summed E-state index contributed by atoms with van der Waals surface area (Å²) in [5.41, 5.74) is 7.46. The first-order valence-electron chi connectivity index (χ1n) is 4.82. The summed E-state index contributed by atoms with van der Waals surface area (Å²) >= 11 is 0. The van der Waals surface area contributed by atoms with E-state index in [9.17, 15) is 0 Å². The Labute approximate surface area is 94.6 Å². The Bertz CT molecular complexity index is 447. The van der Waals surface area contributed by atoms with Crippen molar-refractivity contribution in [2.75, 3.05) is 0 Å². The SMILES string of the molecule is Cc1ccc(/C=N/C(C#N)C(N)C#N)cc1. The molecule has 0 heterocycles. The van der Waals surface area contributed by atoms with Crippen molar-refractivity contribution in [3.63, 3.8) is 0 Å². The molecule has 0 aliphatic heterocycles. The van der Waals surface area contributed by atoms with Crippen molar-refractivity contribution in [3.8, 4) is 12.1 Å². The van der Waals surface area contributed by atoms with Crippen LogP contribution < -0.4 is 5.73 Å². The van der Waals surface area contributed by atoms with E-state index in [0.29, 0.717) is 0 Å². The molecule has 0 amide bonds. The second-order valence-corrected chi connectivity index (χ2v) is 3.42. The summed E-state index contributed by atoms with van der Waals surface area (Å²) in [7, 11) is 0. The van der Waals surface area contributed by atoms with E-state index in [1.807, 2.05) is 37.3 Å². The molecular formula is C12H12N4. The van der Waals surface area contributed by atoms with Gasteiger partial charge in [0.1, 0.15) is 6.04 Å². The predicted octanol–water partition coefficient (Wildman–Crippen LogP) is 1.16. The first kappa shape index (κ1) is 11.9. The smallest absolute Gasteiger partial charge is 0.164 e. The number of benzene rings is 1. The van der Waals surface area contributed by atoms with Gasteiger partial charge in [-0.05, 0) is 12.5 Å². The molecule has 2 atom stereocenters. The van der Waals surface area contributed by atoms with E-state index in [1.54, 1.807) is 12.3 Å². The van der Waals surface area contributed by atoms with Crippen LogP contribution in [0, 0.1) is 29.6 Å². The van der Waals surface area contributed by atoms with Gasteiger partial charge in [0.2, 0.25) is 0 Å². The van der Waals surface area contributed by atoms with Crippen molar-refractivity contribution in [1.29, 1.82) is 10.5 Å². The van der Waals surface area contributed by atoms with Gasteiger partial charge in [-0.2, -0.15) is 10.5 Å². The van der Waals surface area contributed by atoms with Crippen LogP contribution in [0.3, 0.4) is 0 Å². The lowest BCUT2D eigenvalue weighted by Gasteiger charge is -2.04. The molecule has 0 aliphatic carbocycles. The normalized spacial score (nSPS) is 14.0. The van der Waals surface area contributed by atoms with E-state index in [4.69, 9.17) is 16.3 Å². The van der Waals surface area contributed by atoms with E-state index < -0.39 is 12.1 Å². The molecule has 1 rings (SSSR count). The third-order valence-electron chi connectivity index (χ3n) is 2.08. The number of aliphatic imine (C=N–C) groups is 1. The van der Waals surface area contributed by atoms with Gasteiger partial charge in [0.15, 0.2) is 6.04 Å². The summed E-state index contributed by atoms with van der Waals surface area (Å²) in [6, 6.07) is 9.69. The summed E-state index contributed by atoms with van der Waals surface area (Å²) in [6.07, 6.45) is 1.56. The maximum absolute atomic E-state index is 8.75. The monoisotopic (exact) mass is 212 g/mol. The average molecular weight is 212 g/mol. The van der Waals surface area contributed by atoms with E-state index in [2.05, 4.69) is 4.99 Å². The fraction of sp³-hybridized carbons (Fsp3) is 0.250. The van der Waals surface area contributed by atoms with Gasteiger partial charge in [-0.3, -0.25) is 4.99 Å². The Hall–Kier alpha value is -2.17. The number of hydrogen-bond acceptors (Lipinski definition) is 4. The largest absolute Gasteiger partial charge is 0.313 e. The molecule has 0 spiro atoms. The Morgan fingerprint density at radius 3 is 2.38 bits per heavy atom. The number of aryl methyl sites for hydroxylation is 1. The molecule has 0 saturated heterocycles. The van der Waals surface area contributed by atoms with Crippen LogP contribution >= 0.6 is 0 Å². The standard InChI is InChI=1S/C12H12N4/c1-9-2-4-10(5-3-9)8-16-12(7-14)11(15)6-13/h2-5,8,11-12H,15H2,1H3/b16-8+. The highest BCUT2D eigenvalue weighted by Gasteiger charge is 2.13. The lowest BCUT2D eigenvalue weighted by atomic mass is 10.1. The van der Waals surface area contributed by atoms with E-state index in [-0.39, 0.29) is 0 Å². The Kier molecular flexibility index (Phi) is 4.20. The van der Waals surface area contributed by atoms with Gasteiger partial charge in [-0.1, -0.05) is 29.8 Å². The molecule has 1 aromatic carbocycles. The maximum Gasteiger partial charge on any atom is 0.164 e. The molecule has 4 heteroatoms. The van der Waals surface area contributed by atoms with Crippen LogP contribution in [0.15, 0.2) is 29.3 Å². The molecule has 0 aliphatic rings.